The van der Waals surface area contributed by atoms with E-state index in [1.54, 1.807) is 17.8 Å². The number of methoxy groups -OCH3 is 1. The van der Waals surface area contributed by atoms with Crippen LogP contribution in [0.3, 0.4) is 0 Å². The molecule has 0 amide bonds. The third-order valence-corrected chi connectivity index (χ3v) is 8.87. The molecule has 3 rings (SSSR count). The topological polar surface area (TPSA) is 76.0 Å². The van der Waals surface area contributed by atoms with Gasteiger partial charge < -0.3 is 19.7 Å². The second kappa shape index (κ2) is 10.5. The first-order valence-corrected chi connectivity index (χ1v) is 12.2. The van der Waals surface area contributed by atoms with E-state index < -0.39 is 5.97 Å². The van der Waals surface area contributed by atoms with E-state index in [1.165, 1.54) is 29.8 Å². The summed E-state index contributed by atoms with van der Waals surface area (Å²) < 4.78 is 12.7. The molecule has 2 aromatic heterocycles. The average molecular weight is 495 g/mol. The first-order chi connectivity index (χ1) is 13.9. The van der Waals surface area contributed by atoms with Crippen LogP contribution in [0.2, 0.25) is 4.34 Å². The number of carbonyl (C=O) groups is 1. The largest absolute Gasteiger partial charge is 0.495 e. The van der Waals surface area contributed by atoms with Crippen molar-refractivity contribution in [1.82, 2.24) is 0 Å². The molecule has 0 fully saturated rings. The maximum atomic E-state index is 11.2. The lowest BCUT2D eigenvalue weighted by Crippen LogP contribution is -2.18. The number of rotatable bonds is 10. The Morgan fingerprint density at radius 2 is 2.14 bits per heavy atom. The minimum Gasteiger partial charge on any atom is -0.495 e. The highest BCUT2D eigenvalue weighted by Gasteiger charge is 2.29. The molecule has 1 unspecified atom stereocenters. The zero-order valence-electron chi connectivity index (χ0n) is 15.5. The first kappa shape index (κ1) is 22.9. The Morgan fingerprint density at radius 3 is 2.76 bits per heavy atom. The molecule has 10 heteroatoms. The summed E-state index contributed by atoms with van der Waals surface area (Å²) in [6, 6.07) is 3.63. The maximum absolute atomic E-state index is 11.2. The van der Waals surface area contributed by atoms with E-state index in [1.807, 2.05) is 12.1 Å². The van der Waals surface area contributed by atoms with Crippen molar-refractivity contribution in [3.05, 3.63) is 42.9 Å². The highest BCUT2D eigenvalue weighted by molar-refractivity contribution is 8.01. The van der Waals surface area contributed by atoms with Crippen molar-refractivity contribution >= 4 is 63.6 Å². The minimum atomic E-state index is -1.00. The quantitative estimate of drug-likeness (QED) is 0.410. The van der Waals surface area contributed by atoms with Gasteiger partial charge in [-0.05, 0) is 24.5 Å². The molecule has 0 spiro atoms. The number of hydrogen-bond donors (Lipinski definition) is 2. The van der Waals surface area contributed by atoms with Crippen LogP contribution in [0.15, 0.2) is 27.5 Å². The summed E-state index contributed by atoms with van der Waals surface area (Å²) in [7, 11) is 1.46. The van der Waals surface area contributed by atoms with Gasteiger partial charge in [0.25, 0.3) is 0 Å². The summed E-state index contributed by atoms with van der Waals surface area (Å²) in [4.78, 5) is 12.2. The number of thioether (sulfide) groups is 1. The molecule has 2 heterocycles. The van der Waals surface area contributed by atoms with E-state index in [2.05, 4.69) is 0 Å². The smallest absolute Gasteiger partial charge is 0.349 e. The van der Waals surface area contributed by atoms with Crippen LogP contribution >= 0.6 is 57.6 Å². The lowest BCUT2D eigenvalue weighted by molar-refractivity contribution is 0.0699. The zero-order valence-corrected chi connectivity index (χ0v) is 19.5. The summed E-state index contributed by atoms with van der Waals surface area (Å²) in [6.45, 7) is 0.809. The van der Waals surface area contributed by atoms with Crippen molar-refractivity contribution in [3.63, 3.8) is 0 Å². The molecule has 5 nitrogen and oxygen atoms in total. The van der Waals surface area contributed by atoms with Crippen LogP contribution in [0.4, 0.5) is 0 Å². The first-order valence-electron chi connectivity index (χ1n) is 8.78. The third kappa shape index (κ3) is 5.70. The Labute approximate surface area is 191 Å². The van der Waals surface area contributed by atoms with Crippen LogP contribution in [-0.2, 0) is 18.0 Å². The van der Waals surface area contributed by atoms with Crippen LogP contribution in [0.5, 0.6) is 5.75 Å². The standard InChI is InChI=1S/C19H20Cl2O5S3/c1-25-15-5-12(28-17(15)19(23)24)8-26-7-10-2-3-14(20)13(10)9-27-16-4-11(6-22)18(21)29-16/h3-5,10,13,22H,2,6-9H2,1H3,(H,23,24)/t10-,13?/m1/s1. The number of aliphatic hydroxyl groups excluding tert-OH is 1. The second-order valence-corrected chi connectivity index (χ2v) is 11.0. The number of halogens is 2. The number of thiophene rings is 2. The fourth-order valence-corrected chi connectivity index (χ4v) is 7.22. The molecule has 0 saturated carbocycles. The van der Waals surface area contributed by atoms with Gasteiger partial charge in [-0.1, -0.05) is 29.3 Å². The van der Waals surface area contributed by atoms with Crippen LogP contribution in [0.1, 0.15) is 26.5 Å². The van der Waals surface area contributed by atoms with Crippen LogP contribution in [0.25, 0.3) is 0 Å². The van der Waals surface area contributed by atoms with Gasteiger partial charge in [0.2, 0.25) is 0 Å². The van der Waals surface area contributed by atoms with Crippen LogP contribution < -0.4 is 4.74 Å². The van der Waals surface area contributed by atoms with E-state index in [4.69, 9.17) is 32.7 Å². The lowest BCUT2D eigenvalue weighted by Gasteiger charge is -2.20. The van der Waals surface area contributed by atoms with E-state index in [0.717, 1.165) is 31.9 Å². The third-order valence-electron chi connectivity index (χ3n) is 4.59. The van der Waals surface area contributed by atoms with Gasteiger partial charge in [0.1, 0.15) is 5.75 Å². The fraction of sp³-hybridized carbons (Fsp3) is 0.421. The highest BCUT2D eigenvalue weighted by atomic mass is 35.5. The Hall–Kier alpha value is -0.740. The predicted molar refractivity (Wildman–Crippen MR) is 119 cm³/mol. The second-order valence-electron chi connectivity index (χ2n) is 6.46. The van der Waals surface area contributed by atoms with Crippen molar-refractivity contribution in [2.24, 2.45) is 11.8 Å². The molecule has 2 N–H and O–H groups in total. The number of aliphatic hydroxyl groups is 1. The van der Waals surface area contributed by atoms with Gasteiger partial charge >= 0.3 is 5.97 Å². The molecular weight excluding hydrogens is 475 g/mol. The molecule has 0 radical (unpaired) electrons. The molecule has 1 aliphatic carbocycles. The summed E-state index contributed by atoms with van der Waals surface area (Å²) in [5, 5.41) is 19.3. The number of allylic oxidation sites excluding steroid dienone is 2. The van der Waals surface area contributed by atoms with Gasteiger partial charge in [-0.25, -0.2) is 4.79 Å². The lowest BCUT2D eigenvalue weighted by atomic mass is 9.98. The number of ether oxygens (including phenoxy) is 2. The molecule has 158 valence electrons. The van der Waals surface area contributed by atoms with Crippen molar-refractivity contribution in [1.29, 1.82) is 0 Å². The molecule has 0 saturated heterocycles. The Balaban J connectivity index is 1.53. The molecular formula is C19H20Cl2O5S3. The van der Waals surface area contributed by atoms with E-state index in [0.29, 0.717) is 23.3 Å². The molecule has 0 bridgehead atoms. The van der Waals surface area contributed by atoms with Gasteiger partial charge in [-0.2, -0.15) is 0 Å². The zero-order chi connectivity index (χ0) is 21.0. The van der Waals surface area contributed by atoms with Crippen LogP contribution in [0, 0.1) is 11.8 Å². The molecule has 0 aromatic carbocycles. The summed E-state index contributed by atoms with van der Waals surface area (Å²) in [6.07, 6.45) is 2.89. The number of carboxylic acids is 1. The van der Waals surface area contributed by atoms with Crippen molar-refractivity contribution in [2.75, 3.05) is 19.5 Å². The molecule has 1 aliphatic rings. The normalized spacial score (nSPS) is 18.8. The average Bonchev–Trinajstić information content (AvgIpc) is 3.37. The number of aromatic carboxylic acids is 1. The summed E-state index contributed by atoms with van der Waals surface area (Å²) >= 11 is 16.8. The minimum absolute atomic E-state index is 0.0620. The monoisotopic (exact) mass is 494 g/mol. The van der Waals surface area contributed by atoms with Gasteiger partial charge in [-0.3, -0.25) is 0 Å². The van der Waals surface area contributed by atoms with Gasteiger partial charge in [0, 0.05) is 27.1 Å². The SMILES string of the molecule is COc1cc(COC[C@H]2CC=C(Cl)C2CSc2cc(CO)c(Cl)s2)sc1C(=O)O. The number of carboxylic acid groups (broad SMARTS) is 1. The predicted octanol–water partition coefficient (Wildman–Crippen LogP) is 5.73. The van der Waals surface area contributed by atoms with Gasteiger partial charge in [0.15, 0.2) is 4.88 Å². The molecule has 2 atom stereocenters. The van der Waals surface area contributed by atoms with E-state index in [-0.39, 0.29) is 23.3 Å². The Morgan fingerprint density at radius 1 is 1.34 bits per heavy atom. The fourth-order valence-electron chi connectivity index (χ4n) is 3.04. The van der Waals surface area contributed by atoms with Gasteiger partial charge in [-0.15, -0.1) is 34.4 Å². The molecule has 0 aliphatic heterocycles. The molecule has 29 heavy (non-hydrogen) atoms. The maximum Gasteiger partial charge on any atom is 0.349 e. The number of hydrogen-bond acceptors (Lipinski definition) is 7. The van der Waals surface area contributed by atoms with Crippen molar-refractivity contribution in [3.8, 4) is 5.75 Å². The highest BCUT2D eigenvalue weighted by Crippen LogP contribution is 2.41. The van der Waals surface area contributed by atoms with E-state index >= 15 is 0 Å². The van der Waals surface area contributed by atoms with Crippen molar-refractivity contribution in [2.45, 2.75) is 23.8 Å². The Kier molecular flexibility index (Phi) is 8.32. The van der Waals surface area contributed by atoms with Crippen LogP contribution in [-0.4, -0.2) is 35.7 Å². The Bertz CT molecular complexity index is 893. The van der Waals surface area contributed by atoms with Crippen molar-refractivity contribution < 1.29 is 24.5 Å². The summed E-state index contributed by atoms with van der Waals surface area (Å²) in [5.74, 6) is 0.620. The molecule has 2 aromatic rings. The van der Waals surface area contributed by atoms with Gasteiger partial charge in [0.05, 0.1) is 35.5 Å². The van der Waals surface area contributed by atoms with E-state index in [9.17, 15) is 15.0 Å². The summed E-state index contributed by atoms with van der Waals surface area (Å²) in [5.41, 5.74) is 0.749.